The summed E-state index contributed by atoms with van der Waals surface area (Å²) in [5, 5.41) is 0. The molecule has 13 heavy (non-hydrogen) atoms. The summed E-state index contributed by atoms with van der Waals surface area (Å²) < 4.78 is 4.46. The lowest BCUT2D eigenvalue weighted by Gasteiger charge is -1.98. The van der Waals surface area contributed by atoms with Gasteiger partial charge in [0.25, 0.3) is 6.29 Å². The maximum atomic E-state index is 10.8. The van der Waals surface area contributed by atoms with Crippen LogP contribution in [-0.2, 0) is 23.9 Å². The molecule has 1 radical (unpaired) electrons. The van der Waals surface area contributed by atoms with Crippen molar-refractivity contribution in [3.8, 4) is 0 Å². The van der Waals surface area contributed by atoms with E-state index in [0.717, 1.165) is 6.29 Å². The molecular formula is C8H9O5. The van der Waals surface area contributed by atoms with Crippen molar-refractivity contribution < 1.29 is 23.9 Å². The first-order chi connectivity index (χ1) is 6.10. The molecule has 0 rings (SSSR count). The van der Waals surface area contributed by atoms with E-state index in [1.54, 1.807) is 6.92 Å². The van der Waals surface area contributed by atoms with Crippen molar-refractivity contribution in [2.75, 3.05) is 6.61 Å². The smallest absolute Gasteiger partial charge is 0.313 e. The second-order valence-electron chi connectivity index (χ2n) is 2.22. The Bertz CT molecular complexity index is 231. The molecule has 0 N–H and O–H groups in total. The van der Waals surface area contributed by atoms with Gasteiger partial charge in [-0.25, -0.2) is 0 Å². The number of carbonyl (C=O) groups excluding carboxylic acids is 4. The van der Waals surface area contributed by atoms with Crippen molar-refractivity contribution in [1.82, 2.24) is 0 Å². The number of ether oxygens (including phenoxy) is 1. The molecule has 0 aromatic rings. The number of Topliss-reactive ketones (excluding diaryl/α,β-unsaturated/α-hetero) is 2. The molecule has 0 aliphatic heterocycles. The van der Waals surface area contributed by atoms with Crippen LogP contribution in [0.4, 0.5) is 0 Å². The third-order valence-corrected chi connectivity index (χ3v) is 1.12. The van der Waals surface area contributed by atoms with E-state index < -0.39 is 30.4 Å². The number of hydrogen-bond acceptors (Lipinski definition) is 5. The van der Waals surface area contributed by atoms with Gasteiger partial charge in [0.05, 0.1) is 13.0 Å². The number of esters is 1. The molecule has 0 unspecified atom stereocenters. The Labute approximate surface area is 75.1 Å². The van der Waals surface area contributed by atoms with Crippen molar-refractivity contribution in [3.05, 3.63) is 0 Å². The summed E-state index contributed by atoms with van der Waals surface area (Å²) in [6, 6.07) is 0. The number of rotatable bonds is 6. The Morgan fingerprint density at radius 3 is 2.31 bits per heavy atom. The van der Waals surface area contributed by atoms with Gasteiger partial charge in [0.15, 0.2) is 5.78 Å². The van der Waals surface area contributed by atoms with Crippen LogP contribution in [0.2, 0.25) is 0 Å². The van der Waals surface area contributed by atoms with E-state index in [0.29, 0.717) is 0 Å². The summed E-state index contributed by atoms with van der Waals surface area (Å²) in [4.78, 5) is 41.5. The van der Waals surface area contributed by atoms with Crippen LogP contribution in [-0.4, -0.2) is 30.4 Å². The molecule has 0 aromatic carbocycles. The molecular weight excluding hydrogens is 176 g/mol. The monoisotopic (exact) mass is 185 g/mol. The molecule has 0 aliphatic rings. The molecule has 0 bridgehead atoms. The summed E-state index contributed by atoms with van der Waals surface area (Å²) in [6.45, 7) is 1.78. The largest absolute Gasteiger partial charge is 0.466 e. The normalized spacial score (nSPS) is 9.00. The van der Waals surface area contributed by atoms with E-state index in [4.69, 9.17) is 0 Å². The first-order valence-corrected chi connectivity index (χ1v) is 3.68. The molecule has 0 fully saturated rings. The Hall–Kier alpha value is -1.52. The highest BCUT2D eigenvalue weighted by molar-refractivity contribution is 6.30. The van der Waals surface area contributed by atoms with Gasteiger partial charge in [-0.3, -0.25) is 19.2 Å². The fourth-order valence-electron chi connectivity index (χ4n) is 0.651. The van der Waals surface area contributed by atoms with Crippen molar-refractivity contribution in [3.63, 3.8) is 0 Å². The van der Waals surface area contributed by atoms with Crippen LogP contribution in [0, 0.1) is 0 Å². The minimum Gasteiger partial charge on any atom is -0.466 e. The zero-order valence-corrected chi connectivity index (χ0v) is 7.16. The SMILES string of the molecule is CCOC(=O)CC(=O)CC(=O)[C]=O. The first kappa shape index (κ1) is 11.5. The molecule has 71 valence electrons. The van der Waals surface area contributed by atoms with Crippen LogP contribution < -0.4 is 0 Å². The summed E-state index contributed by atoms with van der Waals surface area (Å²) >= 11 is 0. The third-order valence-electron chi connectivity index (χ3n) is 1.12. The van der Waals surface area contributed by atoms with Crippen LogP contribution in [0.25, 0.3) is 0 Å². The summed E-state index contributed by atoms with van der Waals surface area (Å²) in [6.07, 6.45) is -0.0128. The van der Waals surface area contributed by atoms with Crippen LogP contribution in [0.1, 0.15) is 19.8 Å². The molecule has 5 nitrogen and oxygen atoms in total. The van der Waals surface area contributed by atoms with Crippen LogP contribution in [0.5, 0.6) is 0 Å². The van der Waals surface area contributed by atoms with Crippen molar-refractivity contribution in [2.45, 2.75) is 19.8 Å². The van der Waals surface area contributed by atoms with Gasteiger partial charge in [-0.05, 0) is 6.92 Å². The summed E-state index contributed by atoms with van der Waals surface area (Å²) in [5.41, 5.74) is 0. The fraction of sp³-hybridized carbons (Fsp3) is 0.500. The molecule has 0 amide bonds. The number of hydrogen-bond donors (Lipinski definition) is 0. The Morgan fingerprint density at radius 2 is 1.85 bits per heavy atom. The lowest BCUT2D eigenvalue weighted by molar-refractivity contribution is -0.145. The van der Waals surface area contributed by atoms with Gasteiger partial charge in [-0.1, -0.05) is 0 Å². The molecule has 0 aromatic heterocycles. The van der Waals surface area contributed by atoms with Gasteiger partial charge >= 0.3 is 5.97 Å². The average molecular weight is 185 g/mol. The van der Waals surface area contributed by atoms with Gasteiger partial charge in [0, 0.05) is 0 Å². The van der Waals surface area contributed by atoms with Crippen LogP contribution in [0.15, 0.2) is 0 Å². The summed E-state index contributed by atoms with van der Waals surface area (Å²) in [7, 11) is 0. The standard InChI is InChI=1S/C8H9O5/c1-2-13-8(12)4-6(10)3-7(11)5-9/h2-4H2,1H3. The van der Waals surface area contributed by atoms with Gasteiger partial charge < -0.3 is 4.74 Å². The molecule has 5 heteroatoms. The highest BCUT2D eigenvalue weighted by Crippen LogP contribution is 1.93. The maximum absolute atomic E-state index is 10.8. The van der Waals surface area contributed by atoms with Crippen molar-refractivity contribution in [1.29, 1.82) is 0 Å². The Morgan fingerprint density at radius 1 is 1.23 bits per heavy atom. The van der Waals surface area contributed by atoms with E-state index >= 15 is 0 Å². The molecule has 0 atom stereocenters. The van der Waals surface area contributed by atoms with Crippen molar-refractivity contribution >= 4 is 23.8 Å². The highest BCUT2D eigenvalue weighted by Gasteiger charge is 2.14. The second-order valence-corrected chi connectivity index (χ2v) is 2.22. The molecule has 0 aliphatic carbocycles. The topological polar surface area (TPSA) is 77.5 Å². The van der Waals surface area contributed by atoms with E-state index in [1.165, 1.54) is 0 Å². The predicted molar refractivity (Wildman–Crippen MR) is 41.6 cm³/mol. The number of ketones is 2. The predicted octanol–water partition coefficient (Wildman–Crippen LogP) is -0.422. The molecule has 0 saturated heterocycles. The van der Waals surface area contributed by atoms with Crippen LogP contribution in [0.3, 0.4) is 0 Å². The fourth-order valence-corrected chi connectivity index (χ4v) is 0.651. The summed E-state index contributed by atoms with van der Waals surface area (Å²) in [5.74, 6) is -2.27. The zero-order valence-electron chi connectivity index (χ0n) is 7.16. The Kier molecular flexibility index (Phi) is 5.34. The highest BCUT2D eigenvalue weighted by atomic mass is 16.5. The Balaban J connectivity index is 3.80. The third kappa shape index (κ3) is 5.72. The maximum Gasteiger partial charge on any atom is 0.313 e. The van der Waals surface area contributed by atoms with Crippen molar-refractivity contribution in [2.24, 2.45) is 0 Å². The van der Waals surface area contributed by atoms with Gasteiger partial charge in [0.1, 0.15) is 6.42 Å². The van der Waals surface area contributed by atoms with Gasteiger partial charge in [-0.15, -0.1) is 0 Å². The van der Waals surface area contributed by atoms with Gasteiger partial charge in [0.2, 0.25) is 5.78 Å². The molecule has 0 heterocycles. The molecule has 0 saturated carbocycles. The van der Waals surface area contributed by atoms with E-state index in [2.05, 4.69) is 4.74 Å². The van der Waals surface area contributed by atoms with E-state index in [9.17, 15) is 19.2 Å². The minimum atomic E-state index is -0.950. The van der Waals surface area contributed by atoms with E-state index in [1.807, 2.05) is 0 Å². The lowest BCUT2D eigenvalue weighted by atomic mass is 10.1. The van der Waals surface area contributed by atoms with Crippen LogP contribution >= 0.6 is 0 Å². The number of carbonyl (C=O) groups is 3. The molecule has 0 spiro atoms. The average Bonchev–Trinajstić information content (AvgIpc) is 2.04. The second kappa shape index (κ2) is 6.05. The minimum absolute atomic E-state index is 0.180. The van der Waals surface area contributed by atoms with E-state index in [-0.39, 0.29) is 6.61 Å². The van der Waals surface area contributed by atoms with Gasteiger partial charge in [-0.2, -0.15) is 0 Å². The first-order valence-electron chi connectivity index (χ1n) is 3.68. The zero-order chi connectivity index (χ0) is 10.3. The quantitative estimate of drug-likeness (QED) is 0.319. The lowest BCUT2D eigenvalue weighted by Crippen LogP contribution is -2.14.